The van der Waals surface area contributed by atoms with Gasteiger partial charge in [-0.05, 0) is 77.4 Å². The van der Waals surface area contributed by atoms with Gasteiger partial charge < -0.3 is 30.2 Å². The molecule has 3 aromatic rings. The van der Waals surface area contributed by atoms with Gasteiger partial charge in [-0.1, -0.05) is 6.08 Å². The Morgan fingerprint density at radius 2 is 1.84 bits per heavy atom. The Kier molecular flexibility index (Phi) is 8.60. The van der Waals surface area contributed by atoms with Gasteiger partial charge in [0.25, 0.3) is 0 Å². The van der Waals surface area contributed by atoms with Gasteiger partial charge in [-0.15, -0.1) is 0 Å². The van der Waals surface area contributed by atoms with E-state index in [0.29, 0.717) is 11.8 Å². The molecular weight excluding hydrogens is 468 g/mol. The highest BCUT2D eigenvalue weighted by Crippen LogP contribution is 2.30. The van der Waals surface area contributed by atoms with E-state index in [1.54, 1.807) is 13.0 Å². The van der Waals surface area contributed by atoms with E-state index in [0.717, 1.165) is 55.9 Å². The number of hydrogen-bond donors (Lipinski definition) is 2. The number of aromatic nitrogens is 4. The first-order valence-corrected chi connectivity index (χ1v) is 13.0. The summed E-state index contributed by atoms with van der Waals surface area (Å²) in [7, 11) is 2.18. The Balaban J connectivity index is 0.000000480. The topological polar surface area (TPSA) is 114 Å². The molecule has 0 unspecified atom stereocenters. The van der Waals surface area contributed by atoms with Gasteiger partial charge in [0.15, 0.2) is 17.0 Å². The van der Waals surface area contributed by atoms with Crippen LogP contribution >= 0.6 is 0 Å². The summed E-state index contributed by atoms with van der Waals surface area (Å²) in [5.74, 6) is 0.295. The number of nitrogens with one attached hydrogen (secondary N) is 1. The molecule has 1 amide bonds. The van der Waals surface area contributed by atoms with Crippen molar-refractivity contribution in [3.63, 3.8) is 0 Å². The Morgan fingerprint density at radius 3 is 2.38 bits per heavy atom. The maximum atomic E-state index is 9.73. The first-order valence-electron chi connectivity index (χ1n) is 13.0. The number of imidazole rings is 1. The van der Waals surface area contributed by atoms with Gasteiger partial charge >= 0.3 is 6.01 Å². The molecule has 5 rings (SSSR count). The zero-order valence-corrected chi connectivity index (χ0v) is 22.2. The van der Waals surface area contributed by atoms with Crippen molar-refractivity contribution in [2.45, 2.75) is 52.2 Å². The van der Waals surface area contributed by atoms with Crippen LogP contribution in [-0.4, -0.2) is 69.7 Å². The highest BCUT2D eigenvalue weighted by Gasteiger charge is 2.23. The molecule has 0 atom stereocenters. The van der Waals surface area contributed by atoms with Gasteiger partial charge in [0.1, 0.15) is 6.10 Å². The minimum atomic E-state index is -0.391. The summed E-state index contributed by atoms with van der Waals surface area (Å²) in [5, 5.41) is 3.45. The normalized spacial score (nSPS) is 16.5. The third-order valence-electron chi connectivity index (χ3n) is 6.61. The summed E-state index contributed by atoms with van der Waals surface area (Å²) in [4.78, 5) is 28.5. The number of carbonyl (C=O) groups excluding carboxylic acids is 1. The summed E-state index contributed by atoms with van der Waals surface area (Å²) in [5.41, 5.74) is 8.47. The van der Waals surface area contributed by atoms with Gasteiger partial charge in [0.2, 0.25) is 5.91 Å². The molecule has 2 aromatic heterocycles. The Morgan fingerprint density at radius 1 is 1.14 bits per heavy atom. The third kappa shape index (κ3) is 6.76. The number of carbonyl (C=O) groups is 1. The molecule has 10 nitrogen and oxygen atoms in total. The number of fused-ring (bicyclic) bond motifs is 1. The van der Waals surface area contributed by atoms with Gasteiger partial charge in [-0.3, -0.25) is 4.79 Å². The van der Waals surface area contributed by atoms with Crippen LogP contribution in [0.1, 0.15) is 46.1 Å². The van der Waals surface area contributed by atoms with E-state index < -0.39 is 5.91 Å². The Bertz CT molecular complexity index is 1210. The number of rotatable bonds is 7. The van der Waals surface area contributed by atoms with Crippen molar-refractivity contribution in [2.24, 2.45) is 5.73 Å². The zero-order valence-electron chi connectivity index (χ0n) is 22.2. The number of nitrogens with zero attached hydrogens (tertiary/aromatic N) is 6. The number of amides is 1. The predicted molar refractivity (Wildman–Crippen MR) is 147 cm³/mol. The fourth-order valence-corrected chi connectivity index (χ4v) is 4.17. The van der Waals surface area contributed by atoms with Gasteiger partial charge in [-0.2, -0.15) is 9.97 Å². The second kappa shape index (κ2) is 12.1. The molecule has 1 aromatic carbocycles. The minimum Gasteiger partial charge on any atom is -0.460 e. The maximum Gasteiger partial charge on any atom is 0.320 e. The first-order chi connectivity index (χ1) is 17.8. The lowest BCUT2D eigenvalue weighted by atomic mass is 9.96. The predicted octanol–water partition coefficient (Wildman–Crippen LogP) is 3.88. The smallest absolute Gasteiger partial charge is 0.320 e. The number of hydrogen-bond acceptors (Lipinski definition) is 8. The van der Waals surface area contributed by atoms with Crippen molar-refractivity contribution in [2.75, 3.05) is 43.4 Å². The molecule has 0 radical (unpaired) electrons. The van der Waals surface area contributed by atoms with Crippen LogP contribution in [0.5, 0.6) is 6.01 Å². The molecule has 3 heterocycles. The van der Waals surface area contributed by atoms with Crippen molar-refractivity contribution in [3.8, 4) is 6.01 Å². The molecule has 1 aliphatic heterocycles. The van der Waals surface area contributed by atoms with Gasteiger partial charge in [0.05, 0.1) is 6.33 Å². The number of benzene rings is 1. The average Bonchev–Trinajstić information content (AvgIpc) is 3.28. The monoisotopic (exact) mass is 506 g/mol. The number of primary amides is 1. The molecule has 0 bridgehead atoms. The van der Waals surface area contributed by atoms with E-state index in [1.165, 1.54) is 18.2 Å². The number of likely N-dealkylation sites (N-methyl/N-ethyl adjacent to an activating group) is 1. The molecule has 10 heteroatoms. The van der Waals surface area contributed by atoms with E-state index in [1.807, 2.05) is 6.33 Å². The van der Waals surface area contributed by atoms with Crippen molar-refractivity contribution >= 4 is 34.3 Å². The van der Waals surface area contributed by atoms with Crippen molar-refractivity contribution < 1.29 is 9.53 Å². The second-order valence-electron chi connectivity index (χ2n) is 9.81. The molecule has 0 spiro atoms. The summed E-state index contributed by atoms with van der Waals surface area (Å²) >= 11 is 0. The van der Waals surface area contributed by atoms with Crippen LogP contribution in [0.4, 0.5) is 17.2 Å². The highest BCUT2D eigenvalue weighted by molar-refractivity contribution is 5.86. The zero-order chi connectivity index (χ0) is 26.4. The Hall–Kier alpha value is -3.66. The molecule has 2 fully saturated rings. The first kappa shape index (κ1) is 26.4. The lowest BCUT2D eigenvalue weighted by Gasteiger charge is -2.34. The van der Waals surface area contributed by atoms with Gasteiger partial charge in [0, 0.05) is 43.6 Å². The maximum absolute atomic E-state index is 9.73. The molecule has 198 valence electrons. The molecule has 1 saturated carbocycles. The average molecular weight is 507 g/mol. The van der Waals surface area contributed by atoms with Crippen molar-refractivity contribution in [3.05, 3.63) is 42.7 Å². The SMILES string of the molecule is CC(C)n1cnc2c(Nc3ccc(N4CCN(C)CC4)cc3)nc(OC3CCC3)nc21.CC=CC(N)=O. The van der Waals surface area contributed by atoms with E-state index in [-0.39, 0.29) is 12.1 Å². The summed E-state index contributed by atoms with van der Waals surface area (Å²) in [6, 6.07) is 9.24. The lowest BCUT2D eigenvalue weighted by molar-refractivity contribution is -0.113. The van der Waals surface area contributed by atoms with Gasteiger partial charge in [-0.25, -0.2) is 4.98 Å². The number of allylic oxidation sites excluding steroid dienone is 1. The fraction of sp³-hybridized carbons (Fsp3) is 0.481. The number of anilines is 3. The van der Waals surface area contributed by atoms with Crippen molar-refractivity contribution in [1.29, 1.82) is 0 Å². The minimum absolute atomic E-state index is 0.226. The summed E-state index contributed by atoms with van der Waals surface area (Å²) in [6.45, 7) is 10.3. The number of piperazine rings is 1. The van der Waals surface area contributed by atoms with Crippen LogP contribution in [0.2, 0.25) is 0 Å². The fourth-order valence-electron chi connectivity index (χ4n) is 4.17. The largest absolute Gasteiger partial charge is 0.460 e. The third-order valence-corrected chi connectivity index (χ3v) is 6.61. The molecular formula is C27H38N8O2. The van der Waals surface area contributed by atoms with E-state index in [4.69, 9.17) is 4.74 Å². The second-order valence-corrected chi connectivity index (χ2v) is 9.81. The molecule has 37 heavy (non-hydrogen) atoms. The van der Waals surface area contributed by atoms with Crippen LogP contribution in [0.3, 0.4) is 0 Å². The quantitative estimate of drug-likeness (QED) is 0.464. The molecule has 2 aliphatic rings. The van der Waals surface area contributed by atoms with Crippen molar-refractivity contribution in [1.82, 2.24) is 24.4 Å². The van der Waals surface area contributed by atoms with E-state index >= 15 is 0 Å². The van der Waals surface area contributed by atoms with Crippen LogP contribution < -0.4 is 20.7 Å². The van der Waals surface area contributed by atoms with Crippen LogP contribution in [0, 0.1) is 0 Å². The molecule has 3 N–H and O–H groups in total. The summed E-state index contributed by atoms with van der Waals surface area (Å²) in [6.07, 6.45) is 8.31. The standard InChI is InChI=1S/C23H31N7O.C4H7NO/c1-16(2)30-15-24-20-21(26-23(27-22(20)30)31-19-5-4-6-19)25-17-7-9-18(10-8-17)29-13-11-28(3)12-14-29;1-2-3-4(5)6/h7-10,15-16,19H,4-6,11-14H2,1-3H3,(H,25,26,27);2-3H,1H3,(H2,5,6). The highest BCUT2D eigenvalue weighted by atomic mass is 16.5. The van der Waals surface area contributed by atoms with Crippen LogP contribution in [0.25, 0.3) is 11.2 Å². The number of nitrogens with two attached hydrogens (primary N) is 1. The molecule has 1 aliphatic carbocycles. The van der Waals surface area contributed by atoms with E-state index in [2.05, 4.69) is 85.5 Å². The lowest BCUT2D eigenvalue weighted by Crippen LogP contribution is -2.44. The Labute approximate surface area is 218 Å². The summed E-state index contributed by atoms with van der Waals surface area (Å²) < 4.78 is 8.10. The number of ether oxygens (including phenoxy) is 1. The van der Waals surface area contributed by atoms with Crippen LogP contribution in [-0.2, 0) is 4.79 Å². The van der Waals surface area contributed by atoms with E-state index in [9.17, 15) is 4.79 Å². The molecule has 1 saturated heterocycles. The van der Waals surface area contributed by atoms with Crippen LogP contribution in [0.15, 0.2) is 42.7 Å².